The van der Waals surface area contributed by atoms with Gasteiger partial charge in [0.05, 0.1) is 5.56 Å². The van der Waals surface area contributed by atoms with Gasteiger partial charge in [0.25, 0.3) is 5.91 Å². The maximum absolute atomic E-state index is 13.0. The SMILES string of the molecule is N#Cc1ccc(C(=O)NCCc2cc(F)cc(F)c2)nc1. The van der Waals surface area contributed by atoms with Crippen LogP contribution in [0.5, 0.6) is 0 Å². The summed E-state index contributed by atoms with van der Waals surface area (Å²) in [5.74, 6) is -1.70. The van der Waals surface area contributed by atoms with E-state index in [9.17, 15) is 13.6 Å². The third-order valence-electron chi connectivity index (χ3n) is 2.75. The summed E-state index contributed by atoms with van der Waals surface area (Å²) in [7, 11) is 0. The minimum Gasteiger partial charge on any atom is -0.350 e. The highest BCUT2D eigenvalue weighted by Crippen LogP contribution is 2.08. The zero-order valence-electron chi connectivity index (χ0n) is 10.9. The molecule has 0 fully saturated rings. The van der Waals surface area contributed by atoms with E-state index >= 15 is 0 Å². The topological polar surface area (TPSA) is 65.8 Å². The van der Waals surface area contributed by atoms with E-state index in [0.717, 1.165) is 6.07 Å². The van der Waals surface area contributed by atoms with Gasteiger partial charge in [0.15, 0.2) is 0 Å². The van der Waals surface area contributed by atoms with Crippen LogP contribution >= 0.6 is 0 Å². The number of carbonyl (C=O) groups is 1. The van der Waals surface area contributed by atoms with Crippen LogP contribution in [0.15, 0.2) is 36.5 Å². The van der Waals surface area contributed by atoms with Gasteiger partial charge in [-0.05, 0) is 36.2 Å². The molecule has 6 heteroatoms. The fourth-order valence-corrected chi connectivity index (χ4v) is 1.76. The molecule has 0 spiro atoms. The van der Waals surface area contributed by atoms with Gasteiger partial charge in [0, 0.05) is 18.8 Å². The van der Waals surface area contributed by atoms with Gasteiger partial charge >= 0.3 is 0 Å². The molecule has 0 saturated heterocycles. The maximum Gasteiger partial charge on any atom is 0.269 e. The molecule has 0 radical (unpaired) electrons. The Bertz CT molecular complexity index is 673. The second-order valence-electron chi connectivity index (χ2n) is 4.33. The van der Waals surface area contributed by atoms with Crippen molar-refractivity contribution in [1.29, 1.82) is 5.26 Å². The number of hydrogen-bond acceptors (Lipinski definition) is 3. The van der Waals surface area contributed by atoms with Crippen molar-refractivity contribution in [2.75, 3.05) is 6.54 Å². The molecule has 106 valence electrons. The Morgan fingerprint density at radius 2 is 1.95 bits per heavy atom. The third kappa shape index (κ3) is 4.08. The van der Waals surface area contributed by atoms with Crippen LogP contribution in [-0.2, 0) is 6.42 Å². The standard InChI is InChI=1S/C15H11F2N3O/c16-12-5-10(6-13(17)7-12)3-4-19-15(21)14-2-1-11(8-18)9-20-14/h1-2,5-7,9H,3-4H2,(H,19,21). The van der Waals surface area contributed by atoms with Gasteiger partial charge in [-0.2, -0.15) is 5.26 Å². The van der Waals surface area contributed by atoms with Crippen LogP contribution in [0.4, 0.5) is 8.78 Å². The molecule has 1 amide bonds. The van der Waals surface area contributed by atoms with Gasteiger partial charge in [-0.1, -0.05) is 0 Å². The van der Waals surface area contributed by atoms with Crippen LogP contribution in [0, 0.1) is 23.0 Å². The zero-order valence-corrected chi connectivity index (χ0v) is 10.9. The highest BCUT2D eigenvalue weighted by Gasteiger charge is 2.07. The first-order valence-corrected chi connectivity index (χ1v) is 6.18. The molecule has 0 bridgehead atoms. The van der Waals surface area contributed by atoms with Gasteiger partial charge in [0.2, 0.25) is 0 Å². The van der Waals surface area contributed by atoms with Crippen LogP contribution < -0.4 is 5.32 Å². The monoisotopic (exact) mass is 287 g/mol. The molecule has 0 aliphatic carbocycles. The van der Waals surface area contributed by atoms with Crippen LogP contribution in [0.1, 0.15) is 21.6 Å². The number of nitrogens with zero attached hydrogens (tertiary/aromatic N) is 2. The van der Waals surface area contributed by atoms with Gasteiger partial charge in [-0.15, -0.1) is 0 Å². The van der Waals surface area contributed by atoms with E-state index in [0.29, 0.717) is 17.5 Å². The molecule has 0 saturated carbocycles. The van der Waals surface area contributed by atoms with Crippen molar-refractivity contribution >= 4 is 5.91 Å². The Morgan fingerprint density at radius 3 is 2.52 bits per heavy atom. The van der Waals surface area contributed by atoms with Crippen molar-refractivity contribution < 1.29 is 13.6 Å². The van der Waals surface area contributed by atoms with Gasteiger partial charge in [0.1, 0.15) is 23.4 Å². The summed E-state index contributed by atoms with van der Waals surface area (Å²) in [5, 5.41) is 11.2. The summed E-state index contributed by atoms with van der Waals surface area (Å²) in [6.07, 6.45) is 1.60. The van der Waals surface area contributed by atoms with Crippen molar-refractivity contribution in [3.05, 3.63) is 65.0 Å². The van der Waals surface area contributed by atoms with E-state index in [4.69, 9.17) is 5.26 Å². The van der Waals surface area contributed by atoms with E-state index in [1.54, 1.807) is 0 Å². The van der Waals surface area contributed by atoms with E-state index < -0.39 is 17.5 Å². The Labute approximate surface area is 120 Å². The lowest BCUT2D eigenvalue weighted by Crippen LogP contribution is -2.26. The second-order valence-corrected chi connectivity index (χ2v) is 4.33. The number of rotatable bonds is 4. The quantitative estimate of drug-likeness (QED) is 0.937. The predicted octanol–water partition coefficient (Wildman–Crippen LogP) is 2.20. The summed E-state index contributed by atoms with van der Waals surface area (Å²) in [5.41, 5.74) is 1.00. The van der Waals surface area contributed by atoms with Gasteiger partial charge in [-0.3, -0.25) is 4.79 Å². The molecule has 0 aliphatic rings. The summed E-state index contributed by atoms with van der Waals surface area (Å²) in [6.45, 7) is 0.226. The normalized spacial score (nSPS) is 9.95. The van der Waals surface area contributed by atoms with Crippen molar-refractivity contribution in [1.82, 2.24) is 10.3 Å². The number of halogens is 2. The van der Waals surface area contributed by atoms with Crippen molar-refractivity contribution in [2.24, 2.45) is 0 Å². The van der Waals surface area contributed by atoms with Crippen LogP contribution in [0.3, 0.4) is 0 Å². The summed E-state index contributed by atoms with van der Waals surface area (Å²) in [4.78, 5) is 15.6. The van der Waals surface area contributed by atoms with Gasteiger partial charge < -0.3 is 5.32 Å². The maximum atomic E-state index is 13.0. The summed E-state index contributed by atoms with van der Waals surface area (Å²) < 4.78 is 26.0. The summed E-state index contributed by atoms with van der Waals surface area (Å²) in [6, 6.07) is 8.06. The van der Waals surface area contributed by atoms with Crippen LogP contribution in [-0.4, -0.2) is 17.4 Å². The minimum absolute atomic E-state index is 0.180. The number of amides is 1. The Morgan fingerprint density at radius 1 is 1.24 bits per heavy atom. The lowest BCUT2D eigenvalue weighted by Gasteiger charge is -2.05. The molecule has 0 unspecified atom stereocenters. The molecule has 1 aromatic heterocycles. The van der Waals surface area contributed by atoms with Crippen LogP contribution in [0.25, 0.3) is 0 Å². The molecular weight excluding hydrogens is 276 g/mol. The van der Waals surface area contributed by atoms with E-state index in [-0.39, 0.29) is 12.2 Å². The average molecular weight is 287 g/mol. The number of benzene rings is 1. The highest BCUT2D eigenvalue weighted by atomic mass is 19.1. The molecule has 0 atom stereocenters. The molecule has 2 rings (SSSR count). The Kier molecular flexibility index (Phi) is 4.57. The number of pyridine rings is 1. The first-order valence-electron chi connectivity index (χ1n) is 6.18. The van der Waals surface area contributed by atoms with Gasteiger partial charge in [-0.25, -0.2) is 13.8 Å². The smallest absolute Gasteiger partial charge is 0.269 e. The summed E-state index contributed by atoms with van der Waals surface area (Å²) >= 11 is 0. The molecule has 1 N–H and O–H groups in total. The number of carbonyl (C=O) groups excluding carboxylic acids is 1. The zero-order chi connectivity index (χ0) is 15.2. The molecule has 2 aromatic rings. The van der Waals surface area contributed by atoms with Crippen molar-refractivity contribution in [3.8, 4) is 6.07 Å². The second kappa shape index (κ2) is 6.57. The van der Waals surface area contributed by atoms with Crippen molar-refractivity contribution in [3.63, 3.8) is 0 Å². The van der Waals surface area contributed by atoms with Crippen molar-refractivity contribution in [2.45, 2.75) is 6.42 Å². The Hall–Kier alpha value is -2.81. The first-order chi connectivity index (χ1) is 10.1. The number of hydrogen-bond donors (Lipinski definition) is 1. The van der Waals surface area contributed by atoms with E-state index in [2.05, 4.69) is 10.3 Å². The number of aromatic nitrogens is 1. The van der Waals surface area contributed by atoms with E-state index in [1.807, 2.05) is 6.07 Å². The number of nitriles is 1. The Balaban J connectivity index is 1.90. The highest BCUT2D eigenvalue weighted by molar-refractivity contribution is 5.92. The lowest BCUT2D eigenvalue weighted by atomic mass is 10.1. The largest absolute Gasteiger partial charge is 0.350 e. The molecule has 1 heterocycles. The molecule has 0 aliphatic heterocycles. The predicted molar refractivity (Wildman–Crippen MR) is 71.3 cm³/mol. The average Bonchev–Trinajstić information content (AvgIpc) is 2.46. The van der Waals surface area contributed by atoms with Crippen LogP contribution in [0.2, 0.25) is 0 Å². The molecule has 4 nitrogen and oxygen atoms in total. The molecular formula is C15H11F2N3O. The lowest BCUT2D eigenvalue weighted by molar-refractivity contribution is 0.0949. The fraction of sp³-hybridized carbons (Fsp3) is 0.133. The molecule has 1 aromatic carbocycles. The molecule has 21 heavy (non-hydrogen) atoms. The minimum atomic E-state index is -0.648. The number of nitrogens with one attached hydrogen (secondary N) is 1. The first kappa shape index (κ1) is 14.6. The fourth-order valence-electron chi connectivity index (χ4n) is 1.76. The van der Waals surface area contributed by atoms with E-state index in [1.165, 1.54) is 30.5 Å². The third-order valence-corrected chi connectivity index (χ3v) is 2.75.